The molecular formula is C9H7ClN6O2S. The number of nitrogen functional groups attached to an aromatic ring is 2. The zero-order valence-corrected chi connectivity index (χ0v) is 10.9. The van der Waals surface area contributed by atoms with Gasteiger partial charge in [0.1, 0.15) is 16.8 Å². The quantitative estimate of drug-likeness (QED) is 0.379. The number of hydrogen-bond donors (Lipinski definition) is 2. The van der Waals surface area contributed by atoms with Crippen molar-refractivity contribution in [3.63, 3.8) is 0 Å². The molecule has 0 spiro atoms. The van der Waals surface area contributed by atoms with Gasteiger partial charge in [-0.25, -0.2) is 15.0 Å². The lowest BCUT2D eigenvalue weighted by Crippen LogP contribution is -2.00. The van der Waals surface area contributed by atoms with Gasteiger partial charge < -0.3 is 11.5 Å². The zero-order valence-electron chi connectivity index (χ0n) is 9.28. The minimum atomic E-state index is -0.568. The molecule has 19 heavy (non-hydrogen) atoms. The molecule has 10 heteroatoms. The molecule has 0 radical (unpaired) electrons. The minimum Gasteiger partial charge on any atom is -0.383 e. The summed E-state index contributed by atoms with van der Waals surface area (Å²) in [6, 6.07) is 3.97. The second kappa shape index (κ2) is 5.24. The van der Waals surface area contributed by atoms with Crippen LogP contribution in [0.2, 0.25) is 5.15 Å². The van der Waals surface area contributed by atoms with Crippen LogP contribution in [0.5, 0.6) is 0 Å². The van der Waals surface area contributed by atoms with E-state index in [0.717, 1.165) is 11.8 Å². The van der Waals surface area contributed by atoms with Crippen LogP contribution in [0.25, 0.3) is 0 Å². The van der Waals surface area contributed by atoms with E-state index in [9.17, 15) is 10.1 Å². The van der Waals surface area contributed by atoms with E-state index in [-0.39, 0.29) is 32.7 Å². The van der Waals surface area contributed by atoms with Crippen molar-refractivity contribution in [2.24, 2.45) is 0 Å². The number of anilines is 2. The van der Waals surface area contributed by atoms with Crippen LogP contribution in [-0.2, 0) is 0 Å². The SMILES string of the molecule is Nc1cc(N)nc(Sc2nc(Cl)ccc2[N+](=O)[O-])n1. The Labute approximate surface area is 116 Å². The van der Waals surface area contributed by atoms with Gasteiger partial charge in [0.25, 0.3) is 0 Å². The Bertz CT molecular complexity index is 632. The fraction of sp³-hybridized carbons (Fsp3) is 0. The number of hydrogen-bond acceptors (Lipinski definition) is 8. The van der Waals surface area contributed by atoms with Crippen LogP contribution in [0, 0.1) is 10.1 Å². The van der Waals surface area contributed by atoms with Gasteiger partial charge in [0, 0.05) is 12.1 Å². The third-order valence-corrected chi connectivity index (χ3v) is 3.01. The average molecular weight is 299 g/mol. The molecule has 0 aliphatic rings. The molecular weight excluding hydrogens is 292 g/mol. The van der Waals surface area contributed by atoms with E-state index < -0.39 is 4.92 Å². The molecule has 0 unspecified atom stereocenters. The predicted molar refractivity (Wildman–Crippen MR) is 70.9 cm³/mol. The Hall–Kier alpha value is -2.13. The van der Waals surface area contributed by atoms with Crippen molar-refractivity contribution in [3.05, 3.63) is 33.5 Å². The van der Waals surface area contributed by atoms with Gasteiger partial charge in [0.2, 0.25) is 0 Å². The van der Waals surface area contributed by atoms with Crippen LogP contribution in [0.3, 0.4) is 0 Å². The van der Waals surface area contributed by atoms with Gasteiger partial charge in [-0.2, -0.15) is 0 Å². The van der Waals surface area contributed by atoms with E-state index in [4.69, 9.17) is 23.1 Å². The topological polar surface area (TPSA) is 134 Å². The molecule has 2 rings (SSSR count). The molecule has 98 valence electrons. The van der Waals surface area contributed by atoms with Crippen LogP contribution in [-0.4, -0.2) is 19.9 Å². The lowest BCUT2D eigenvalue weighted by molar-refractivity contribution is -0.388. The molecule has 0 bridgehead atoms. The molecule has 2 aromatic heterocycles. The number of rotatable bonds is 3. The second-order valence-corrected chi connectivity index (χ2v) is 4.66. The van der Waals surface area contributed by atoms with Gasteiger partial charge in [-0.15, -0.1) is 0 Å². The zero-order chi connectivity index (χ0) is 14.0. The van der Waals surface area contributed by atoms with Gasteiger partial charge >= 0.3 is 5.69 Å². The molecule has 0 aliphatic carbocycles. The first kappa shape index (κ1) is 13.3. The van der Waals surface area contributed by atoms with E-state index >= 15 is 0 Å². The highest BCUT2D eigenvalue weighted by atomic mass is 35.5. The third-order valence-electron chi connectivity index (χ3n) is 1.94. The molecule has 0 aromatic carbocycles. The Kier molecular flexibility index (Phi) is 3.67. The normalized spacial score (nSPS) is 10.4. The number of pyridine rings is 1. The standard InChI is InChI=1S/C9H7ClN6O2S/c10-5-2-1-4(16(17)18)8(13-5)19-9-14-6(11)3-7(12)15-9/h1-3H,(H4,11,12,14,15). The van der Waals surface area contributed by atoms with Crippen LogP contribution < -0.4 is 11.5 Å². The van der Waals surface area contributed by atoms with Crippen molar-refractivity contribution in [1.29, 1.82) is 0 Å². The summed E-state index contributed by atoms with van der Waals surface area (Å²) in [5.74, 6) is 0.333. The van der Waals surface area contributed by atoms with E-state index in [1.807, 2.05) is 0 Å². The van der Waals surface area contributed by atoms with Crippen molar-refractivity contribution >= 4 is 40.7 Å². The number of aromatic nitrogens is 3. The average Bonchev–Trinajstić information content (AvgIpc) is 2.26. The van der Waals surface area contributed by atoms with Gasteiger partial charge in [-0.05, 0) is 17.8 Å². The highest BCUT2D eigenvalue weighted by Crippen LogP contribution is 2.32. The summed E-state index contributed by atoms with van der Waals surface area (Å²) < 4.78 is 0. The summed E-state index contributed by atoms with van der Waals surface area (Å²) >= 11 is 6.58. The van der Waals surface area contributed by atoms with E-state index in [2.05, 4.69) is 15.0 Å². The third kappa shape index (κ3) is 3.20. The first-order valence-corrected chi connectivity index (χ1v) is 6.04. The summed E-state index contributed by atoms with van der Waals surface area (Å²) in [6.07, 6.45) is 0. The maximum absolute atomic E-state index is 10.9. The lowest BCUT2D eigenvalue weighted by Gasteiger charge is -2.03. The van der Waals surface area contributed by atoms with Gasteiger partial charge in [0.15, 0.2) is 10.2 Å². The van der Waals surface area contributed by atoms with Crippen molar-refractivity contribution in [2.45, 2.75) is 10.2 Å². The first-order valence-electron chi connectivity index (χ1n) is 4.84. The van der Waals surface area contributed by atoms with Crippen molar-refractivity contribution in [3.8, 4) is 0 Å². The van der Waals surface area contributed by atoms with Gasteiger partial charge in [0.05, 0.1) is 4.92 Å². The van der Waals surface area contributed by atoms with E-state index in [1.54, 1.807) is 0 Å². The predicted octanol–water partition coefficient (Wildman–Crippen LogP) is 1.75. The van der Waals surface area contributed by atoms with Crippen LogP contribution in [0.4, 0.5) is 17.3 Å². The number of nitrogens with zero attached hydrogens (tertiary/aromatic N) is 4. The summed E-state index contributed by atoms with van der Waals surface area (Å²) in [5, 5.41) is 11.2. The smallest absolute Gasteiger partial charge is 0.301 e. The number of nitro groups is 1. The molecule has 0 atom stereocenters. The molecule has 4 N–H and O–H groups in total. The van der Waals surface area contributed by atoms with Crippen LogP contribution in [0.1, 0.15) is 0 Å². The van der Waals surface area contributed by atoms with Gasteiger partial charge in [-0.1, -0.05) is 11.6 Å². The minimum absolute atomic E-state index is 0.0718. The molecule has 0 fully saturated rings. The monoisotopic (exact) mass is 298 g/mol. The van der Waals surface area contributed by atoms with Crippen molar-refractivity contribution in [1.82, 2.24) is 15.0 Å². The summed E-state index contributed by atoms with van der Waals surface area (Å²) in [6.45, 7) is 0. The fourth-order valence-electron chi connectivity index (χ4n) is 1.22. The van der Waals surface area contributed by atoms with Gasteiger partial charge in [-0.3, -0.25) is 10.1 Å². The largest absolute Gasteiger partial charge is 0.383 e. The van der Waals surface area contributed by atoms with Crippen molar-refractivity contribution in [2.75, 3.05) is 11.5 Å². The fourth-order valence-corrected chi connectivity index (χ4v) is 2.28. The summed E-state index contributed by atoms with van der Waals surface area (Å²) in [4.78, 5) is 22.0. The Morgan fingerprint density at radius 2 is 1.84 bits per heavy atom. The molecule has 0 aliphatic heterocycles. The highest BCUT2D eigenvalue weighted by molar-refractivity contribution is 7.99. The molecule has 2 heterocycles. The number of halogens is 1. The Morgan fingerprint density at radius 1 is 1.21 bits per heavy atom. The van der Waals surface area contributed by atoms with Crippen LogP contribution >= 0.6 is 23.4 Å². The number of nitrogens with two attached hydrogens (primary N) is 2. The van der Waals surface area contributed by atoms with E-state index in [1.165, 1.54) is 18.2 Å². The highest BCUT2D eigenvalue weighted by Gasteiger charge is 2.18. The molecule has 0 saturated carbocycles. The summed E-state index contributed by atoms with van der Waals surface area (Å²) in [5.41, 5.74) is 10.8. The molecule has 8 nitrogen and oxygen atoms in total. The Balaban J connectivity index is 2.42. The maximum atomic E-state index is 10.9. The van der Waals surface area contributed by atoms with Crippen LogP contribution in [0.15, 0.2) is 28.4 Å². The lowest BCUT2D eigenvalue weighted by atomic mass is 10.4. The Morgan fingerprint density at radius 3 is 2.42 bits per heavy atom. The summed E-state index contributed by atoms with van der Waals surface area (Å²) in [7, 11) is 0. The second-order valence-electron chi connectivity index (χ2n) is 3.32. The maximum Gasteiger partial charge on any atom is 0.301 e. The molecule has 0 saturated heterocycles. The first-order chi connectivity index (χ1) is 8.95. The van der Waals surface area contributed by atoms with E-state index in [0.29, 0.717) is 0 Å². The van der Waals surface area contributed by atoms with Crippen molar-refractivity contribution < 1.29 is 4.92 Å². The molecule has 0 amide bonds. The molecule has 2 aromatic rings.